The third-order valence-electron chi connectivity index (χ3n) is 4.19. The largest absolute Gasteiger partial charge is 0.460 e. The van der Waals surface area contributed by atoms with E-state index in [4.69, 9.17) is 14.2 Å². The monoisotopic (exact) mass is 360 g/mol. The van der Waals surface area contributed by atoms with Crippen molar-refractivity contribution in [2.75, 3.05) is 19.8 Å². The molecular weight excluding hydrogens is 337 g/mol. The average molecular weight is 360 g/mol. The number of hydrogen-bond acceptors (Lipinski definition) is 4. The lowest BCUT2D eigenvalue weighted by atomic mass is 10.1. The molecule has 0 aromatic heterocycles. The molecule has 1 aliphatic heterocycles. The second-order valence-corrected chi connectivity index (χ2v) is 6.22. The number of benzene rings is 1. The first kappa shape index (κ1) is 19.7. The van der Waals surface area contributed by atoms with Crippen LogP contribution in [0.1, 0.15) is 37.8 Å². The van der Waals surface area contributed by atoms with E-state index in [9.17, 15) is 18.0 Å². The first-order valence-corrected chi connectivity index (χ1v) is 8.36. The Hall–Kier alpha value is -1.60. The normalized spacial score (nSPS) is 21.0. The maximum Gasteiger partial charge on any atom is 0.416 e. The zero-order chi connectivity index (χ0) is 18.5. The van der Waals surface area contributed by atoms with Gasteiger partial charge in [0, 0.05) is 6.42 Å². The molecule has 1 fully saturated rings. The second-order valence-electron chi connectivity index (χ2n) is 6.22. The molecule has 2 rings (SSSR count). The Kier molecular flexibility index (Phi) is 6.46. The maximum absolute atomic E-state index is 12.7. The number of halogens is 3. The summed E-state index contributed by atoms with van der Waals surface area (Å²) in [7, 11) is 0. The Morgan fingerprint density at radius 3 is 2.68 bits per heavy atom. The maximum atomic E-state index is 12.7. The first-order chi connectivity index (χ1) is 11.8. The van der Waals surface area contributed by atoms with Crippen molar-refractivity contribution in [1.29, 1.82) is 0 Å². The van der Waals surface area contributed by atoms with Gasteiger partial charge in [0.2, 0.25) is 0 Å². The number of alkyl halides is 3. The molecule has 1 heterocycles. The van der Waals surface area contributed by atoms with Gasteiger partial charge in [-0.05, 0) is 31.4 Å². The van der Waals surface area contributed by atoms with Crippen LogP contribution in [0.3, 0.4) is 0 Å². The topological polar surface area (TPSA) is 48.1 Å². The number of hydrogen-bond donors (Lipinski definition) is 0. The molecule has 2 atom stereocenters. The Balaban J connectivity index is 1.71. The predicted molar refractivity (Wildman–Crippen MR) is 85.1 cm³/mol. The van der Waals surface area contributed by atoms with E-state index in [1.54, 1.807) is 6.07 Å². The highest BCUT2D eigenvalue weighted by Crippen LogP contribution is 2.33. The van der Waals surface area contributed by atoms with Gasteiger partial charge in [-0.2, -0.15) is 13.2 Å². The average Bonchev–Trinajstić information content (AvgIpc) is 3.35. The van der Waals surface area contributed by atoms with Gasteiger partial charge in [-0.1, -0.05) is 25.1 Å². The smallest absolute Gasteiger partial charge is 0.416 e. The summed E-state index contributed by atoms with van der Waals surface area (Å²) in [6.45, 7) is 4.63. The fourth-order valence-corrected chi connectivity index (χ4v) is 2.26. The highest BCUT2D eigenvalue weighted by atomic mass is 19.4. The number of ether oxygens (including phenoxy) is 3. The van der Waals surface area contributed by atoms with Crippen molar-refractivity contribution in [3.05, 3.63) is 35.4 Å². The number of rotatable bonds is 9. The summed E-state index contributed by atoms with van der Waals surface area (Å²) in [5.74, 6) is -0.372. The standard InChI is InChI=1S/C18H23F3O4/c1-3-13(2)25-16(22)17(12-24-17)8-10-23-9-7-14-5-4-6-15(11-14)18(19,20)21/h4-6,11,13H,3,7-10,12H2,1-2H3. The molecule has 1 aromatic rings. The van der Waals surface area contributed by atoms with Crippen LogP contribution in [0.4, 0.5) is 13.2 Å². The highest BCUT2D eigenvalue weighted by molar-refractivity contribution is 5.82. The van der Waals surface area contributed by atoms with Crippen molar-refractivity contribution in [2.45, 2.75) is 51.0 Å². The third kappa shape index (κ3) is 5.71. The van der Waals surface area contributed by atoms with E-state index in [2.05, 4.69) is 0 Å². The van der Waals surface area contributed by atoms with E-state index in [0.29, 0.717) is 25.0 Å². The van der Waals surface area contributed by atoms with E-state index in [-0.39, 0.29) is 25.3 Å². The SMILES string of the molecule is CCC(C)OC(=O)C1(CCOCCc2cccc(C(F)(F)F)c2)CO1. The molecule has 0 amide bonds. The summed E-state index contributed by atoms with van der Waals surface area (Å²) in [5, 5.41) is 0. The fourth-order valence-electron chi connectivity index (χ4n) is 2.26. The van der Waals surface area contributed by atoms with Gasteiger partial charge in [0.25, 0.3) is 0 Å². The predicted octanol–water partition coefficient (Wildman–Crippen LogP) is 3.77. The lowest BCUT2D eigenvalue weighted by Crippen LogP contribution is -2.31. The molecule has 7 heteroatoms. The van der Waals surface area contributed by atoms with Crippen LogP contribution in [-0.2, 0) is 31.6 Å². The van der Waals surface area contributed by atoms with Crippen LogP contribution in [0.25, 0.3) is 0 Å². The minimum Gasteiger partial charge on any atom is -0.460 e. The van der Waals surface area contributed by atoms with Crippen molar-refractivity contribution in [1.82, 2.24) is 0 Å². The van der Waals surface area contributed by atoms with Crippen molar-refractivity contribution in [3.63, 3.8) is 0 Å². The van der Waals surface area contributed by atoms with E-state index in [1.165, 1.54) is 6.07 Å². The van der Waals surface area contributed by atoms with Crippen LogP contribution in [0.2, 0.25) is 0 Å². The van der Waals surface area contributed by atoms with Crippen molar-refractivity contribution < 1.29 is 32.2 Å². The van der Waals surface area contributed by atoms with Crippen molar-refractivity contribution >= 4 is 5.97 Å². The minimum absolute atomic E-state index is 0.157. The molecule has 4 nitrogen and oxygen atoms in total. The van der Waals surface area contributed by atoms with Crippen LogP contribution < -0.4 is 0 Å². The Labute approximate surface area is 145 Å². The van der Waals surface area contributed by atoms with Gasteiger partial charge in [0.05, 0.1) is 31.5 Å². The lowest BCUT2D eigenvalue weighted by molar-refractivity contribution is -0.155. The Bertz CT molecular complexity index is 582. The summed E-state index contributed by atoms with van der Waals surface area (Å²) >= 11 is 0. The molecule has 0 bridgehead atoms. The molecule has 1 saturated heterocycles. The number of carbonyl (C=O) groups excluding carboxylic acids is 1. The second kappa shape index (κ2) is 8.19. The summed E-state index contributed by atoms with van der Waals surface area (Å²) in [6, 6.07) is 5.18. The molecule has 0 saturated carbocycles. The highest BCUT2D eigenvalue weighted by Gasteiger charge is 2.53. The minimum atomic E-state index is -4.34. The molecule has 0 radical (unpaired) electrons. The molecule has 0 N–H and O–H groups in total. The van der Waals surface area contributed by atoms with Gasteiger partial charge in [-0.15, -0.1) is 0 Å². The zero-order valence-corrected chi connectivity index (χ0v) is 14.4. The molecule has 140 valence electrons. The number of esters is 1. The molecule has 2 unspecified atom stereocenters. The lowest BCUT2D eigenvalue weighted by Gasteiger charge is -2.15. The van der Waals surface area contributed by atoms with Crippen LogP contribution in [-0.4, -0.2) is 37.5 Å². The van der Waals surface area contributed by atoms with Gasteiger partial charge in [0.1, 0.15) is 0 Å². The van der Waals surface area contributed by atoms with Gasteiger partial charge in [-0.3, -0.25) is 0 Å². The number of epoxide rings is 1. The van der Waals surface area contributed by atoms with E-state index < -0.39 is 17.3 Å². The van der Waals surface area contributed by atoms with Gasteiger partial charge in [-0.25, -0.2) is 4.79 Å². The van der Waals surface area contributed by atoms with Crippen LogP contribution in [0.15, 0.2) is 24.3 Å². The Morgan fingerprint density at radius 1 is 1.36 bits per heavy atom. The Morgan fingerprint density at radius 2 is 2.08 bits per heavy atom. The molecule has 1 aromatic carbocycles. The summed E-state index contributed by atoms with van der Waals surface area (Å²) in [4.78, 5) is 12.0. The van der Waals surface area contributed by atoms with Gasteiger partial charge in [0.15, 0.2) is 5.60 Å². The summed E-state index contributed by atoms with van der Waals surface area (Å²) in [5.41, 5.74) is -1.01. The quantitative estimate of drug-likeness (QED) is 0.382. The fraction of sp³-hybridized carbons (Fsp3) is 0.611. The molecule has 1 aliphatic rings. The third-order valence-corrected chi connectivity index (χ3v) is 4.19. The first-order valence-electron chi connectivity index (χ1n) is 8.36. The van der Waals surface area contributed by atoms with Gasteiger partial charge >= 0.3 is 12.1 Å². The zero-order valence-electron chi connectivity index (χ0n) is 14.4. The van der Waals surface area contributed by atoms with Crippen LogP contribution in [0, 0.1) is 0 Å². The van der Waals surface area contributed by atoms with E-state index in [0.717, 1.165) is 18.6 Å². The van der Waals surface area contributed by atoms with E-state index >= 15 is 0 Å². The van der Waals surface area contributed by atoms with Crippen molar-refractivity contribution in [3.8, 4) is 0 Å². The summed E-state index contributed by atoms with van der Waals surface area (Å²) < 4.78 is 53.9. The molecular formula is C18H23F3O4. The molecule has 0 spiro atoms. The van der Waals surface area contributed by atoms with E-state index in [1.807, 2.05) is 13.8 Å². The molecule has 25 heavy (non-hydrogen) atoms. The number of carbonyl (C=O) groups is 1. The van der Waals surface area contributed by atoms with Crippen LogP contribution in [0.5, 0.6) is 0 Å². The van der Waals surface area contributed by atoms with Crippen molar-refractivity contribution in [2.24, 2.45) is 0 Å². The van der Waals surface area contributed by atoms with Crippen LogP contribution >= 0.6 is 0 Å². The molecule has 0 aliphatic carbocycles. The summed E-state index contributed by atoms with van der Waals surface area (Å²) in [6.07, 6.45) is -3.02. The van der Waals surface area contributed by atoms with Gasteiger partial charge < -0.3 is 14.2 Å².